The van der Waals surface area contributed by atoms with E-state index >= 15 is 0 Å². The van der Waals surface area contributed by atoms with Gasteiger partial charge >= 0.3 is 0 Å². The highest BCUT2D eigenvalue weighted by Gasteiger charge is 2.27. The zero-order valence-electron chi connectivity index (χ0n) is 8.25. The Balaban J connectivity index is 1.74. The predicted molar refractivity (Wildman–Crippen MR) is 51.4 cm³/mol. The molecule has 1 aliphatic heterocycles. The summed E-state index contributed by atoms with van der Waals surface area (Å²) in [6, 6.07) is 1.31. The molecule has 2 rings (SSSR count). The standard InChI is InChI=1S/C10H18N2O/c1-8(13)12-6-5-10(7-12)11-9-3-2-4-9/h9-11H,2-7H2,1H3. The summed E-state index contributed by atoms with van der Waals surface area (Å²) in [5.41, 5.74) is 0. The molecule has 0 spiro atoms. The SMILES string of the molecule is CC(=O)N1CCC(NC2CCC2)C1. The lowest BCUT2D eigenvalue weighted by Crippen LogP contribution is -2.43. The predicted octanol–water partition coefficient (Wildman–Crippen LogP) is 0.749. The van der Waals surface area contributed by atoms with E-state index in [2.05, 4.69) is 5.32 Å². The average Bonchev–Trinajstić information content (AvgIpc) is 2.44. The second-order valence-corrected chi connectivity index (χ2v) is 4.25. The van der Waals surface area contributed by atoms with E-state index in [1.54, 1.807) is 6.92 Å². The minimum atomic E-state index is 0.220. The van der Waals surface area contributed by atoms with Crippen molar-refractivity contribution in [3.63, 3.8) is 0 Å². The average molecular weight is 182 g/mol. The smallest absolute Gasteiger partial charge is 0.219 e. The van der Waals surface area contributed by atoms with Gasteiger partial charge in [-0.05, 0) is 19.3 Å². The van der Waals surface area contributed by atoms with Crippen molar-refractivity contribution in [3.8, 4) is 0 Å². The third-order valence-corrected chi connectivity index (χ3v) is 3.21. The molecule has 2 aliphatic rings. The third-order valence-electron chi connectivity index (χ3n) is 3.21. The van der Waals surface area contributed by atoms with Crippen LogP contribution in [0.1, 0.15) is 32.6 Å². The fraction of sp³-hybridized carbons (Fsp3) is 0.900. The molecule has 0 radical (unpaired) electrons. The van der Waals surface area contributed by atoms with E-state index in [9.17, 15) is 4.79 Å². The van der Waals surface area contributed by atoms with Crippen LogP contribution in [0, 0.1) is 0 Å². The highest BCUT2D eigenvalue weighted by atomic mass is 16.2. The Labute approximate surface area is 79.5 Å². The number of hydrogen-bond acceptors (Lipinski definition) is 2. The molecule has 0 aromatic rings. The van der Waals surface area contributed by atoms with Crippen LogP contribution in [0.5, 0.6) is 0 Å². The minimum Gasteiger partial charge on any atom is -0.341 e. The van der Waals surface area contributed by atoms with Crippen molar-refractivity contribution in [2.24, 2.45) is 0 Å². The van der Waals surface area contributed by atoms with Gasteiger partial charge in [0.05, 0.1) is 0 Å². The maximum Gasteiger partial charge on any atom is 0.219 e. The van der Waals surface area contributed by atoms with Crippen molar-refractivity contribution < 1.29 is 4.79 Å². The van der Waals surface area contributed by atoms with E-state index in [1.807, 2.05) is 4.90 Å². The first-order valence-electron chi connectivity index (χ1n) is 5.27. The molecule has 1 atom stereocenters. The summed E-state index contributed by atoms with van der Waals surface area (Å²) in [7, 11) is 0. The first-order valence-corrected chi connectivity index (χ1v) is 5.27. The van der Waals surface area contributed by atoms with Gasteiger partial charge in [0.1, 0.15) is 0 Å². The molecule has 1 unspecified atom stereocenters. The molecule has 3 heteroatoms. The molecule has 1 amide bonds. The van der Waals surface area contributed by atoms with Crippen LogP contribution in [-0.2, 0) is 4.79 Å². The van der Waals surface area contributed by atoms with Crippen molar-refractivity contribution >= 4 is 5.91 Å². The van der Waals surface area contributed by atoms with Crippen LogP contribution in [0.15, 0.2) is 0 Å². The zero-order chi connectivity index (χ0) is 9.26. The van der Waals surface area contributed by atoms with Gasteiger partial charge in [0.25, 0.3) is 0 Å². The lowest BCUT2D eigenvalue weighted by Gasteiger charge is -2.29. The van der Waals surface area contributed by atoms with Gasteiger partial charge in [-0.2, -0.15) is 0 Å². The second-order valence-electron chi connectivity index (χ2n) is 4.25. The summed E-state index contributed by atoms with van der Waals surface area (Å²) in [5.74, 6) is 0.220. The van der Waals surface area contributed by atoms with Gasteiger partial charge in [0, 0.05) is 32.1 Å². The molecule has 1 saturated carbocycles. The summed E-state index contributed by atoms with van der Waals surface area (Å²) in [4.78, 5) is 13.0. The lowest BCUT2D eigenvalue weighted by atomic mass is 9.92. The van der Waals surface area contributed by atoms with Gasteiger partial charge < -0.3 is 10.2 Å². The maximum atomic E-state index is 11.1. The number of hydrogen-bond donors (Lipinski definition) is 1. The van der Waals surface area contributed by atoms with Crippen molar-refractivity contribution in [3.05, 3.63) is 0 Å². The van der Waals surface area contributed by atoms with Crippen LogP contribution >= 0.6 is 0 Å². The maximum absolute atomic E-state index is 11.1. The molecule has 1 aliphatic carbocycles. The van der Waals surface area contributed by atoms with Gasteiger partial charge in [-0.1, -0.05) is 6.42 Å². The molecule has 0 aromatic carbocycles. The quantitative estimate of drug-likeness (QED) is 0.683. The number of nitrogens with zero attached hydrogens (tertiary/aromatic N) is 1. The van der Waals surface area contributed by atoms with Crippen molar-refractivity contribution in [1.82, 2.24) is 10.2 Å². The number of likely N-dealkylation sites (tertiary alicyclic amines) is 1. The highest BCUT2D eigenvalue weighted by molar-refractivity contribution is 5.73. The molecule has 74 valence electrons. The van der Waals surface area contributed by atoms with Gasteiger partial charge in [-0.15, -0.1) is 0 Å². The molecule has 0 bridgehead atoms. The van der Waals surface area contributed by atoms with Crippen LogP contribution in [0.25, 0.3) is 0 Å². The first-order chi connectivity index (χ1) is 6.25. The van der Waals surface area contributed by atoms with Crippen LogP contribution in [0.4, 0.5) is 0 Å². The first kappa shape index (κ1) is 9.00. The van der Waals surface area contributed by atoms with E-state index in [1.165, 1.54) is 19.3 Å². The topological polar surface area (TPSA) is 32.3 Å². The van der Waals surface area contributed by atoms with Gasteiger partial charge in [-0.3, -0.25) is 4.79 Å². The Morgan fingerprint density at radius 3 is 2.54 bits per heavy atom. The van der Waals surface area contributed by atoms with Gasteiger partial charge in [0.15, 0.2) is 0 Å². The number of carbonyl (C=O) groups excluding carboxylic acids is 1. The van der Waals surface area contributed by atoms with E-state index in [4.69, 9.17) is 0 Å². The molecule has 13 heavy (non-hydrogen) atoms. The minimum absolute atomic E-state index is 0.220. The summed E-state index contributed by atoms with van der Waals surface area (Å²) in [6.45, 7) is 3.53. The fourth-order valence-electron chi connectivity index (χ4n) is 2.09. The monoisotopic (exact) mass is 182 g/mol. The molecule has 3 nitrogen and oxygen atoms in total. The second kappa shape index (κ2) is 3.66. The van der Waals surface area contributed by atoms with Gasteiger partial charge in [-0.25, -0.2) is 0 Å². The Bertz CT molecular complexity index is 201. The Kier molecular flexibility index (Phi) is 2.54. The Hall–Kier alpha value is -0.570. The summed E-state index contributed by atoms with van der Waals surface area (Å²) < 4.78 is 0. The van der Waals surface area contributed by atoms with Crippen molar-refractivity contribution in [2.75, 3.05) is 13.1 Å². The molecule has 1 heterocycles. The number of nitrogens with one attached hydrogen (secondary N) is 1. The molecule has 1 N–H and O–H groups in total. The normalized spacial score (nSPS) is 29.0. The highest BCUT2D eigenvalue weighted by Crippen LogP contribution is 2.20. The molecule has 1 saturated heterocycles. The van der Waals surface area contributed by atoms with E-state index in [-0.39, 0.29) is 5.91 Å². The van der Waals surface area contributed by atoms with E-state index < -0.39 is 0 Å². The van der Waals surface area contributed by atoms with Crippen molar-refractivity contribution in [1.29, 1.82) is 0 Å². The number of amides is 1. The largest absolute Gasteiger partial charge is 0.341 e. The fourth-order valence-corrected chi connectivity index (χ4v) is 2.09. The van der Waals surface area contributed by atoms with Gasteiger partial charge in [0.2, 0.25) is 5.91 Å². The number of rotatable bonds is 2. The van der Waals surface area contributed by atoms with Crippen molar-refractivity contribution in [2.45, 2.75) is 44.7 Å². The summed E-state index contributed by atoms with van der Waals surface area (Å²) in [5, 5.41) is 3.61. The van der Waals surface area contributed by atoms with Crippen LogP contribution in [-0.4, -0.2) is 36.0 Å². The van der Waals surface area contributed by atoms with Crippen LogP contribution in [0.2, 0.25) is 0 Å². The number of carbonyl (C=O) groups is 1. The summed E-state index contributed by atoms with van der Waals surface area (Å²) >= 11 is 0. The molecule has 0 aromatic heterocycles. The summed E-state index contributed by atoms with van der Waals surface area (Å²) in [6.07, 6.45) is 5.17. The third kappa shape index (κ3) is 2.02. The Morgan fingerprint density at radius 2 is 2.08 bits per heavy atom. The zero-order valence-corrected chi connectivity index (χ0v) is 8.25. The molecular weight excluding hydrogens is 164 g/mol. The van der Waals surface area contributed by atoms with E-state index in [0.717, 1.165) is 25.6 Å². The van der Waals surface area contributed by atoms with Crippen LogP contribution in [0.3, 0.4) is 0 Å². The van der Waals surface area contributed by atoms with Crippen LogP contribution < -0.4 is 5.32 Å². The Morgan fingerprint density at radius 1 is 1.31 bits per heavy atom. The van der Waals surface area contributed by atoms with E-state index in [0.29, 0.717) is 6.04 Å². The molecular formula is C10H18N2O. The lowest BCUT2D eigenvalue weighted by molar-refractivity contribution is -0.127. The molecule has 2 fully saturated rings.